The van der Waals surface area contributed by atoms with E-state index in [1.54, 1.807) is 6.20 Å². The fourth-order valence-electron chi connectivity index (χ4n) is 4.58. The van der Waals surface area contributed by atoms with Crippen LogP contribution in [0.1, 0.15) is 68.0 Å². The molecule has 2 saturated heterocycles. The maximum atomic E-state index is 13.0. The lowest BCUT2D eigenvalue weighted by atomic mass is 9.84. The van der Waals surface area contributed by atoms with Crippen LogP contribution in [0.3, 0.4) is 0 Å². The second-order valence-electron chi connectivity index (χ2n) is 7.76. The van der Waals surface area contributed by atoms with Crippen LogP contribution in [0.5, 0.6) is 0 Å². The number of hydrogen-bond donors (Lipinski definition) is 1. The molecule has 150 valence electrons. The number of carbonyl (C=O) groups excluding carboxylic acids is 1. The van der Waals surface area contributed by atoms with Crippen molar-refractivity contribution in [3.8, 4) is 0 Å². The molecule has 2 aliphatic rings. The average molecular weight is 377 g/mol. The number of hydrogen-bond acceptors (Lipinski definition) is 4. The van der Waals surface area contributed by atoms with Crippen molar-refractivity contribution in [1.29, 1.82) is 0 Å². The molecule has 0 aliphatic carbocycles. The van der Waals surface area contributed by atoms with Gasteiger partial charge in [0.2, 0.25) is 0 Å². The Morgan fingerprint density at radius 1 is 1.26 bits per heavy atom. The van der Waals surface area contributed by atoms with E-state index in [-0.39, 0.29) is 17.9 Å². The van der Waals surface area contributed by atoms with Gasteiger partial charge in [-0.3, -0.25) is 14.3 Å². The van der Waals surface area contributed by atoms with E-state index in [4.69, 9.17) is 4.74 Å². The summed E-state index contributed by atoms with van der Waals surface area (Å²) >= 11 is 0. The number of carboxylic acid groups (broad SMARTS) is 1. The second-order valence-corrected chi connectivity index (χ2v) is 7.76. The summed E-state index contributed by atoms with van der Waals surface area (Å²) in [6.45, 7) is 8.05. The van der Waals surface area contributed by atoms with Crippen molar-refractivity contribution in [2.45, 2.75) is 65.0 Å². The van der Waals surface area contributed by atoms with Crippen molar-refractivity contribution in [3.05, 3.63) is 17.5 Å². The zero-order chi connectivity index (χ0) is 19.6. The van der Waals surface area contributed by atoms with Gasteiger partial charge in [0.25, 0.3) is 5.91 Å². The summed E-state index contributed by atoms with van der Waals surface area (Å²) in [5, 5.41) is 13.8. The number of likely N-dealkylation sites (tertiary alicyclic amines) is 1. The molecule has 27 heavy (non-hydrogen) atoms. The first-order valence-corrected chi connectivity index (χ1v) is 10.2. The number of ether oxygens (including phenoxy) is 1. The van der Waals surface area contributed by atoms with E-state index in [0.717, 1.165) is 31.4 Å². The molecule has 0 aromatic carbocycles. The Hall–Kier alpha value is -1.89. The monoisotopic (exact) mass is 377 g/mol. The second kappa shape index (κ2) is 8.42. The van der Waals surface area contributed by atoms with E-state index < -0.39 is 11.9 Å². The third-order valence-electron chi connectivity index (χ3n) is 6.31. The number of rotatable bonds is 6. The molecule has 1 aromatic heterocycles. The molecular weight excluding hydrogens is 346 g/mol. The Morgan fingerprint density at radius 2 is 1.93 bits per heavy atom. The van der Waals surface area contributed by atoms with Gasteiger partial charge in [0.15, 0.2) is 0 Å². The fourth-order valence-corrected chi connectivity index (χ4v) is 4.58. The highest BCUT2D eigenvalue weighted by Gasteiger charge is 2.41. The Balaban J connectivity index is 1.63. The van der Waals surface area contributed by atoms with Gasteiger partial charge in [-0.25, -0.2) is 0 Å². The van der Waals surface area contributed by atoms with E-state index >= 15 is 0 Å². The average Bonchev–Trinajstić information content (AvgIpc) is 3.30. The van der Waals surface area contributed by atoms with Crippen LogP contribution in [0, 0.1) is 18.8 Å². The lowest BCUT2D eigenvalue weighted by Crippen LogP contribution is -2.43. The van der Waals surface area contributed by atoms with Crippen molar-refractivity contribution in [2.75, 3.05) is 19.7 Å². The normalized spacial score (nSPS) is 23.9. The molecule has 0 bridgehead atoms. The van der Waals surface area contributed by atoms with Gasteiger partial charge in [0.1, 0.15) is 0 Å². The molecule has 2 aliphatic heterocycles. The molecule has 3 rings (SSSR count). The van der Waals surface area contributed by atoms with E-state index in [1.165, 1.54) is 0 Å². The van der Waals surface area contributed by atoms with Gasteiger partial charge < -0.3 is 14.7 Å². The highest BCUT2D eigenvalue weighted by atomic mass is 16.5. The summed E-state index contributed by atoms with van der Waals surface area (Å²) < 4.78 is 7.70. The third kappa shape index (κ3) is 3.88. The number of carbonyl (C=O) groups is 2. The van der Waals surface area contributed by atoms with E-state index in [2.05, 4.69) is 18.9 Å². The van der Waals surface area contributed by atoms with Crippen LogP contribution in [0.15, 0.2) is 6.20 Å². The van der Waals surface area contributed by atoms with E-state index in [1.807, 2.05) is 16.5 Å². The molecule has 7 nitrogen and oxygen atoms in total. The lowest BCUT2D eigenvalue weighted by molar-refractivity contribution is -0.145. The summed E-state index contributed by atoms with van der Waals surface area (Å²) in [6, 6.07) is 0.324. The largest absolute Gasteiger partial charge is 0.481 e. The van der Waals surface area contributed by atoms with Crippen LogP contribution in [-0.4, -0.2) is 57.5 Å². The van der Waals surface area contributed by atoms with Crippen molar-refractivity contribution >= 4 is 11.9 Å². The van der Waals surface area contributed by atoms with E-state index in [9.17, 15) is 14.7 Å². The molecule has 0 saturated carbocycles. The Kier molecular flexibility index (Phi) is 6.19. The van der Waals surface area contributed by atoms with Crippen LogP contribution >= 0.6 is 0 Å². The van der Waals surface area contributed by atoms with Gasteiger partial charge in [0.05, 0.1) is 29.8 Å². The van der Waals surface area contributed by atoms with Gasteiger partial charge in [-0.1, -0.05) is 13.8 Å². The van der Waals surface area contributed by atoms with Crippen LogP contribution in [0.2, 0.25) is 0 Å². The van der Waals surface area contributed by atoms with Crippen molar-refractivity contribution < 1.29 is 19.4 Å². The van der Waals surface area contributed by atoms with Gasteiger partial charge in [-0.15, -0.1) is 0 Å². The SMILES string of the molecule is CCC(CC)n1ncc(C(=O)N2CCC([C@@H]3OCCC3C(=O)O)CC2)c1C. The number of aromatic nitrogens is 2. The topological polar surface area (TPSA) is 84.7 Å². The Bertz CT molecular complexity index is 675. The standard InChI is InChI=1S/C20H31N3O4/c1-4-15(5-2)23-13(3)17(12-21-23)19(24)22-9-6-14(7-10-22)18-16(20(25)26)8-11-27-18/h12,14-16,18H,4-11H2,1-3H3,(H,25,26)/t16?,18-/m0/s1. The number of carboxylic acids is 1. The molecule has 1 aromatic rings. The maximum absolute atomic E-state index is 13.0. The van der Waals surface area contributed by atoms with Crippen molar-refractivity contribution in [3.63, 3.8) is 0 Å². The smallest absolute Gasteiger partial charge is 0.309 e. The predicted octanol–water partition coefficient (Wildman–Crippen LogP) is 2.89. The number of piperidine rings is 1. The first kappa shape index (κ1) is 19.9. The van der Waals surface area contributed by atoms with Crippen LogP contribution < -0.4 is 0 Å². The minimum Gasteiger partial charge on any atom is -0.481 e. The third-order valence-corrected chi connectivity index (χ3v) is 6.31. The minimum absolute atomic E-state index is 0.0327. The molecule has 2 fully saturated rings. The Labute approximate surface area is 160 Å². The fraction of sp³-hybridized carbons (Fsp3) is 0.750. The zero-order valence-corrected chi connectivity index (χ0v) is 16.6. The summed E-state index contributed by atoms with van der Waals surface area (Å²) in [5.41, 5.74) is 1.61. The molecule has 1 N–H and O–H groups in total. The molecule has 3 heterocycles. The zero-order valence-electron chi connectivity index (χ0n) is 16.6. The van der Waals surface area contributed by atoms with Gasteiger partial charge in [-0.2, -0.15) is 5.10 Å². The minimum atomic E-state index is -0.763. The molecule has 2 atom stereocenters. The summed E-state index contributed by atoms with van der Waals surface area (Å²) in [6.07, 6.45) is 5.64. The van der Waals surface area contributed by atoms with Gasteiger partial charge in [0, 0.05) is 25.4 Å². The molecular formula is C20H31N3O4. The van der Waals surface area contributed by atoms with Crippen LogP contribution in [0.4, 0.5) is 0 Å². The molecule has 7 heteroatoms. The first-order chi connectivity index (χ1) is 13.0. The van der Waals surface area contributed by atoms with E-state index in [0.29, 0.717) is 37.7 Å². The van der Waals surface area contributed by atoms with Gasteiger partial charge >= 0.3 is 5.97 Å². The predicted molar refractivity (Wildman–Crippen MR) is 101 cm³/mol. The molecule has 1 amide bonds. The first-order valence-electron chi connectivity index (χ1n) is 10.2. The maximum Gasteiger partial charge on any atom is 0.309 e. The summed E-state index contributed by atoms with van der Waals surface area (Å²) in [4.78, 5) is 26.3. The highest BCUT2D eigenvalue weighted by Crippen LogP contribution is 2.33. The quantitative estimate of drug-likeness (QED) is 0.824. The lowest BCUT2D eigenvalue weighted by Gasteiger charge is -2.35. The molecule has 0 spiro atoms. The molecule has 1 unspecified atom stereocenters. The number of nitrogens with zero attached hydrogens (tertiary/aromatic N) is 3. The van der Waals surface area contributed by atoms with Gasteiger partial charge in [-0.05, 0) is 44.9 Å². The van der Waals surface area contributed by atoms with Crippen LogP contribution in [0.25, 0.3) is 0 Å². The molecule has 0 radical (unpaired) electrons. The number of amides is 1. The number of aliphatic carboxylic acids is 1. The highest BCUT2D eigenvalue weighted by molar-refractivity contribution is 5.95. The van der Waals surface area contributed by atoms with Crippen molar-refractivity contribution in [2.24, 2.45) is 11.8 Å². The van der Waals surface area contributed by atoms with Crippen LogP contribution in [-0.2, 0) is 9.53 Å². The van der Waals surface area contributed by atoms with Crippen molar-refractivity contribution in [1.82, 2.24) is 14.7 Å². The summed E-state index contributed by atoms with van der Waals surface area (Å²) in [7, 11) is 0. The Morgan fingerprint density at radius 3 is 2.52 bits per heavy atom. The summed E-state index contributed by atoms with van der Waals surface area (Å²) in [5.74, 6) is -0.922.